The number of nitrogens with one attached hydrogen (secondary N) is 1. The lowest BCUT2D eigenvalue weighted by Crippen LogP contribution is -2.32. The third-order valence-electron chi connectivity index (χ3n) is 2.51. The fraction of sp³-hybridized carbons (Fsp3) is 0.462. The minimum absolute atomic E-state index is 0.0160. The first kappa shape index (κ1) is 14.0. The molecule has 4 heteroatoms. The van der Waals surface area contributed by atoms with Gasteiger partial charge in [0.25, 0.3) is 0 Å². The summed E-state index contributed by atoms with van der Waals surface area (Å²) in [5.41, 5.74) is 1.00. The summed E-state index contributed by atoms with van der Waals surface area (Å²) in [5.74, 6) is 0.0127. The van der Waals surface area contributed by atoms with Crippen molar-refractivity contribution in [2.45, 2.75) is 20.0 Å². The number of halogens is 1. The van der Waals surface area contributed by atoms with E-state index in [9.17, 15) is 4.79 Å². The summed E-state index contributed by atoms with van der Waals surface area (Å²) in [7, 11) is 1.63. The molecule has 94 valence electrons. The van der Waals surface area contributed by atoms with Gasteiger partial charge in [-0.25, -0.2) is 0 Å². The zero-order valence-corrected chi connectivity index (χ0v) is 11.1. The molecule has 1 N–H and O–H groups in total. The lowest BCUT2D eigenvalue weighted by atomic mass is 10.1. The second kappa shape index (κ2) is 6.62. The first-order valence-corrected chi connectivity index (χ1v) is 5.98. The topological polar surface area (TPSA) is 38.3 Å². The molecule has 0 fully saturated rings. The highest BCUT2D eigenvalue weighted by Crippen LogP contribution is 2.18. The van der Waals surface area contributed by atoms with Crippen LogP contribution in [0.1, 0.15) is 25.5 Å². The molecule has 1 rings (SSSR count). The molecule has 0 aromatic heterocycles. The van der Waals surface area contributed by atoms with Gasteiger partial charge < -0.3 is 10.1 Å². The number of hydrogen-bond acceptors (Lipinski definition) is 2. The Morgan fingerprint density at radius 2 is 1.94 bits per heavy atom. The van der Waals surface area contributed by atoms with Crippen LogP contribution in [0.15, 0.2) is 24.3 Å². The van der Waals surface area contributed by atoms with E-state index in [4.69, 9.17) is 16.3 Å². The summed E-state index contributed by atoms with van der Waals surface area (Å²) in [4.78, 5) is 11.5. The Labute approximate surface area is 107 Å². The van der Waals surface area contributed by atoms with E-state index in [1.807, 2.05) is 38.1 Å². The van der Waals surface area contributed by atoms with Crippen LogP contribution >= 0.6 is 11.6 Å². The van der Waals surface area contributed by atoms with Crippen LogP contribution in [0.3, 0.4) is 0 Å². The van der Waals surface area contributed by atoms with Crippen LogP contribution in [0.2, 0.25) is 5.02 Å². The minimum atomic E-state index is -0.144. The van der Waals surface area contributed by atoms with E-state index in [2.05, 4.69) is 5.32 Å². The largest absolute Gasteiger partial charge is 0.375 e. The first-order chi connectivity index (χ1) is 8.04. The molecule has 0 unspecified atom stereocenters. The number of rotatable bonds is 5. The second-order valence-corrected chi connectivity index (χ2v) is 4.61. The zero-order valence-electron chi connectivity index (χ0n) is 10.4. The maximum atomic E-state index is 11.5. The summed E-state index contributed by atoms with van der Waals surface area (Å²) >= 11 is 5.82. The van der Waals surface area contributed by atoms with Gasteiger partial charge in [0.2, 0.25) is 5.91 Å². The molecule has 0 bridgehead atoms. The van der Waals surface area contributed by atoms with Crippen LogP contribution in [-0.4, -0.2) is 19.6 Å². The molecule has 0 heterocycles. The Kier molecular flexibility index (Phi) is 5.45. The number of carbonyl (C=O) groups is 1. The lowest BCUT2D eigenvalue weighted by Gasteiger charge is -2.17. The standard InChI is InChI=1S/C13H18ClNO2/c1-9(2)13(16)15-8-12(17-3)10-4-6-11(14)7-5-10/h4-7,9,12H,8H2,1-3H3,(H,15,16)/t12-/m1/s1. The molecular formula is C13H18ClNO2. The van der Waals surface area contributed by atoms with Gasteiger partial charge in [-0.15, -0.1) is 0 Å². The quantitative estimate of drug-likeness (QED) is 0.879. The van der Waals surface area contributed by atoms with Crippen molar-refractivity contribution < 1.29 is 9.53 Å². The Bertz CT molecular complexity index is 362. The lowest BCUT2D eigenvalue weighted by molar-refractivity contribution is -0.124. The number of ether oxygens (including phenoxy) is 1. The zero-order chi connectivity index (χ0) is 12.8. The van der Waals surface area contributed by atoms with Crippen LogP contribution in [-0.2, 0) is 9.53 Å². The van der Waals surface area contributed by atoms with Gasteiger partial charge in [-0.1, -0.05) is 37.6 Å². The van der Waals surface area contributed by atoms with E-state index in [0.717, 1.165) is 5.56 Å². The van der Waals surface area contributed by atoms with Crippen molar-refractivity contribution in [1.82, 2.24) is 5.32 Å². The third-order valence-corrected chi connectivity index (χ3v) is 2.76. The van der Waals surface area contributed by atoms with Crippen molar-refractivity contribution >= 4 is 17.5 Å². The predicted octanol–water partition coefficient (Wildman–Crippen LogP) is 2.80. The molecule has 0 radical (unpaired) electrons. The highest BCUT2D eigenvalue weighted by atomic mass is 35.5. The second-order valence-electron chi connectivity index (χ2n) is 4.18. The molecular weight excluding hydrogens is 238 g/mol. The normalized spacial score (nSPS) is 12.5. The van der Waals surface area contributed by atoms with Crippen molar-refractivity contribution in [3.63, 3.8) is 0 Å². The third kappa shape index (κ3) is 4.36. The summed E-state index contributed by atoms with van der Waals surface area (Å²) in [6, 6.07) is 7.43. The molecule has 1 atom stereocenters. The molecule has 0 saturated carbocycles. The molecule has 0 aliphatic carbocycles. The molecule has 0 spiro atoms. The maximum absolute atomic E-state index is 11.5. The Balaban J connectivity index is 2.60. The molecule has 0 aliphatic rings. The fourth-order valence-electron chi connectivity index (χ4n) is 1.41. The highest BCUT2D eigenvalue weighted by molar-refractivity contribution is 6.30. The summed E-state index contributed by atoms with van der Waals surface area (Å²) in [5, 5.41) is 3.54. The predicted molar refractivity (Wildman–Crippen MR) is 69.0 cm³/mol. The van der Waals surface area contributed by atoms with Crippen molar-refractivity contribution in [2.24, 2.45) is 5.92 Å². The van der Waals surface area contributed by atoms with Crippen LogP contribution in [0.25, 0.3) is 0 Å². The van der Waals surface area contributed by atoms with Crippen molar-refractivity contribution in [1.29, 1.82) is 0 Å². The Morgan fingerprint density at radius 1 is 1.35 bits per heavy atom. The van der Waals surface area contributed by atoms with Crippen molar-refractivity contribution in [2.75, 3.05) is 13.7 Å². The number of hydrogen-bond donors (Lipinski definition) is 1. The summed E-state index contributed by atoms with van der Waals surface area (Å²) in [6.07, 6.45) is -0.144. The van der Waals surface area contributed by atoms with Crippen LogP contribution in [0.4, 0.5) is 0 Å². The van der Waals surface area contributed by atoms with Crippen LogP contribution in [0, 0.1) is 5.92 Å². The number of amides is 1. The van der Waals surface area contributed by atoms with Gasteiger partial charge >= 0.3 is 0 Å². The monoisotopic (exact) mass is 255 g/mol. The summed E-state index contributed by atoms with van der Waals surface area (Å²) < 4.78 is 5.35. The Morgan fingerprint density at radius 3 is 2.41 bits per heavy atom. The summed E-state index contributed by atoms with van der Waals surface area (Å²) in [6.45, 7) is 4.19. The molecule has 1 aromatic carbocycles. The van der Waals surface area contributed by atoms with Gasteiger partial charge in [0.1, 0.15) is 0 Å². The van der Waals surface area contributed by atoms with Gasteiger partial charge in [-0.3, -0.25) is 4.79 Å². The maximum Gasteiger partial charge on any atom is 0.222 e. The van der Waals surface area contributed by atoms with Gasteiger partial charge in [-0.2, -0.15) is 0 Å². The van der Waals surface area contributed by atoms with Crippen molar-refractivity contribution in [3.8, 4) is 0 Å². The van der Waals surface area contributed by atoms with E-state index in [-0.39, 0.29) is 17.9 Å². The molecule has 0 saturated heterocycles. The van der Waals surface area contributed by atoms with Gasteiger partial charge in [0.05, 0.1) is 6.10 Å². The van der Waals surface area contributed by atoms with Gasteiger partial charge in [0.15, 0.2) is 0 Å². The molecule has 3 nitrogen and oxygen atoms in total. The number of benzene rings is 1. The van der Waals surface area contributed by atoms with Crippen molar-refractivity contribution in [3.05, 3.63) is 34.9 Å². The van der Waals surface area contributed by atoms with E-state index in [0.29, 0.717) is 11.6 Å². The smallest absolute Gasteiger partial charge is 0.222 e. The Hall–Kier alpha value is -1.06. The van der Waals surface area contributed by atoms with E-state index >= 15 is 0 Å². The van der Waals surface area contributed by atoms with Gasteiger partial charge in [-0.05, 0) is 17.7 Å². The fourth-order valence-corrected chi connectivity index (χ4v) is 1.54. The van der Waals surface area contributed by atoms with E-state index < -0.39 is 0 Å². The van der Waals surface area contributed by atoms with E-state index in [1.54, 1.807) is 7.11 Å². The number of carbonyl (C=O) groups excluding carboxylic acids is 1. The molecule has 17 heavy (non-hydrogen) atoms. The molecule has 1 amide bonds. The van der Waals surface area contributed by atoms with Crippen LogP contribution < -0.4 is 5.32 Å². The first-order valence-electron chi connectivity index (χ1n) is 5.60. The minimum Gasteiger partial charge on any atom is -0.375 e. The number of methoxy groups -OCH3 is 1. The van der Waals surface area contributed by atoms with E-state index in [1.165, 1.54) is 0 Å². The van der Waals surface area contributed by atoms with Crippen LogP contribution in [0.5, 0.6) is 0 Å². The highest BCUT2D eigenvalue weighted by Gasteiger charge is 2.13. The molecule has 0 aliphatic heterocycles. The molecule has 1 aromatic rings. The average molecular weight is 256 g/mol. The SMILES string of the molecule is CO[C@H](CNC(=O)C(C)C)c1ccc(Cl)cc1. The van der Waals surface area contributed by atoms with Gasteiger partial charge in [0, 0.05) is 24.6 Å². The average Bonchev–Trinajstić information content (AvgIpc) is 2.31.